The van der Waals surface area contributed by atoms with Gasteiger partial charge in [0.05, 0.1) is 0 Å². The lowest BCUT2D eigenvalue weighted by Gasteiger charge is -2.28. The summed E-state index contributed by atoms with van der Waals surface area (Å²) in [5, 5.41) is 6.79. The van der Waals surface area contributed by atoms with Gasteiger partial charge in [0.15, 0.2) is 0 Å². The minimum atomic E-state index is 0.794. The molecule has 0 bridgehead atoms. The molecule has 0 aliphatic heterocycles. The quantitative estimate of drug-likeness (QED) is 0.666. The van der Waals surface area contributed by atoms with E-state index >= 15 is 0 Å². The molecule has 72 valence electrons. The molecule has 0 atom stereocenters. The second-order valence-corrected chi connectivity index (χ2v) is 3.81. The Hall–Kier alpha value is -0.0800. The van der Waals surface area contributed by atoms with Gasteiger partial charge in [-0.1, -0.05) is 6.92 Å². The van der Waals surface area contributed by atoms with Crippen molar-refractivity contribution in [2.75, 3.05) is 20.1 Å². The molecule has 0 radical (unpaired) electrons. The van der Waals surface area contributed by atoms with Crippen LogP contribution in [0.5, 0.6) is 0 Å². The van der Waals surface area contributed by atoms with Crippen LogP contribution >= 0.6 is 0 Å². The lowest BCUT2D eigenvalue weighted by molar-refractivity contribution is 0.294. The van der Waals surface area contributed by atoms with Crippen molar-refractivity contribution in [2.24, 2.45) is 5.92 Å². The van der Waals surface area contributed by atoms with Crippen LogP contribution < -0.4 is 10.6 Å². The third-order valence-electron chi connectivity index (χ3n) is 2.94. The van der Waals surface area contributed by atoms with Crippen LogP contribution in [0.1, 0.15) is 32.6 Å². The van der Waals surface area contributed by atoms with Crippen molar-refractivity contribution < 1.29 is 0 Å². The van der Waals surface area contributed by atoms with E-state index in [1.165, 1.54) is 32.2 Å². The summed E-state index contributed by atoms with van der Waals surface area (Å²) in [6.45, 7) is 4.53. The first kappa shape index (κ1) is 10.0. The van der Waals surface area contributed by atoms with Crippen molar-refractivity contribution >= 4 is 0 Å². The Balaban J connectivity index is 2.09. The second-order valence-electron chi connectivity index (χ2n) is 3.81. The van der Waals surface area contributed by atoms with Crippen molar-refractivity contribution in [3.63, 3.8) is 0 Å². The number of hydrogen-bond acceptors (Lipinski definition) is 2. The van der Waals surface area contributed by atoms with E-state index in [1.807, 2.05) is 0 Å². The van der Waals surface area contributed by atoms with Gasteiger partial charge in [-0.05, 0) is 51.7 Å². The van der Waals surface area contributed by atoms with E-state index in [2.05, 4.69) is 24.6 Å². The molecule has 12 heavy (non-hydrogen) atoms. The van der Waals surface area contributed by atoms with E-state index in [-0.39, 0.29) is 0 Å². The summed E-state index contributed by atoms with van der Waals surface area (Å²) >= 11 is 0. The molecule has 0 spiro atoms. The lowest BCUT2D eigenvalue weighted by atomic mass is 9.86. The van der Waals surface area contributed by atoms with Gasteiger partial charge in [0.25, 0.3) is 0 Å². The fraction of sp³-hybridized carbons (Fsp3) is 1.00. The average Bonchev–Trinajstić information content (AvgIpc) is 2.15. The van der Waals surface area contributed by atoms with Crippen molar-refractivity contribution in [3.05, 3.63) is 0 Å². The predicted octanol–water partition coefficient (Wildman–Crippen LogP) is 1.37. The maximum atomic E-state index is 3.43. The highest BCUT2D eigenvalue weighted by molar-refractivity contribution is 4.76. The summed E-state index contributed by atoms with van der Waals surface area (Å²) in [5.74, 6) is 0.939. The highest BCUT2D eigenvalue weighted by Crippen LogP contribution is 2.23. The van der Waals surface area contributed by atoms with Gasteiger partial charge in [-0.25, -0.2) is 0 Å². The van der Waals surface area contributed by atoms with Crippen LogP contribution in [0.3, 0.4) is 0 Å². The molecule has 1 fully saturated rings. The van der Waals surface area contributed by atoms with E-state index in [0.717, 1.165) is 18.5 Å². The summed E-state index contributed by atoms with van der Waals surface area (Å²) in [6, 6.07) is 0.794. The molecular weight excluding hydrogens is 148 g/mol. The molecular formula is C10H22N2. The Kier molecular flexibility index (Phi) is 4.62. The summed E-state index contributed by atoms with van der Waals surface area (Å²) in [5.41, 5.74) is 0. The van der Waals surface area contributed by atoms with Gasteiger partial charge >= 0.3 is 0 Å². The first-order chi connectivity index (χ1) is 5.86. The molecule has 0 saturated heterocycles. The Labute approximate surface area is 76.1 Å². The van der Waals surface area contributed by atoms with E-state index in [0.29, 0.717) is 0 Å². The van der Waals surface area contributed by atoms with Crippen molar-refractivity contribution in [3.8, 4) is 0 Å². The highest BCUT2D eigenvalue weighted by Gasteiger charge is 2.18. The Morgan fingerprint density at radius 2 is 1.83 bits per heavy atom. The molecule has 1 rings (SSSR count). The SMILES string of the molecule is CCNCC1CCC(NC)CC1. The molecule has 2 N–H and O–H groups in total. The number of hydrogen-bond donors (Lipinski definition) is 2. The smallest absolute Gasteiger partial charge is 0.00642 e. The molecule has 1 aliphatic carbocycles. The molecule has 1 saturated carbocycles. The molecule has 1 aliphatic rings. The van der Waals surface area contributed by atoms with Gasteiger partial charge in [0.1, 0.15) is 0 Å². The summed E-state index contributed by atoms with van der Waals surface area (Å²) < 4.78 is 0. The van der Waals surface area contributed by atoms with Gasteiger partial charge in [-0.2, -0.15) is 0 Å². The molecule has 0 unspecified atom stereocenters. The molecule has 2 nitrogen and oxygen atoms in total. The largest absolute Gasteiger partial charge is 0.317 e. The van der Waals surface area contributed by atoms with Crippen LogP contribution in [0.4, 0.5) is 0 Å². The monoisotopic (exact) mass is 170 g/mol. The van der Waals surface area contributed by atoms with E-state index in [4.69, 9.17) is 0 Å². The third-order valence-corrected chi connectivity index (χ3v) is 2.94. The zero-order valence-corrected chi connectivity index (χ0v) is 8.40. The zero-order valence-electron chi connectivity index (χ0n) is 8.40. The third kappa shape index (κ3) is 3.11. The Bertz CT molecular complexity index is 106. The minimum absolute atomic E-state index is 0.794. The van der Waals surface area contributed by atoms with Crippen LogP contribution in [-0.4, -0.2) is 26.2 Å². The molecule has 0 amide bonds. The summed E-state index contributed by atoms with van der Waals surface area (Å²) in [4.78, 5) is 0. The maximum absolute atomic E-state index is 3.43. The van der Waals surface area contributed by atoms with Crippen LogP contribution in [-0.2, 0) is 0 Å². The highest BCUT2D eigenvalue weighted by atomic mass is 14.9. The standard InChI is InChI=1S/C10H22N2/c1-3-12-8-9-4-6-10(11-2)7-5-9/h9-12H,3-8H2,1-2H3. The first-order valence-corrected chi connectivity index (χ1v) is 5.24. The summed E-state index contributed by atoms with van der Waals surface area (Å²) in [6.07, 6.45) is 5.54. The van der Waals surface area contributed by atoms with Crippen LogP contribution in [0.25, 0.3) is 0 Å². The lowest BCUT2D eigenvalue weighted by Crippen LogP contribution is -2.33. The van der Waals surface area contributed by atoms with E-state index in [9.17, 15) is 0 Å². The molecule has 0 heterocycles. The topological polar surface area (TPSA) is 24.1 Å². The van der Waals surface area contributed by atoms with Crippen LogP contribution in [0.2, 0.25) is 0 Å². The van der Waals surface area contributed by atoms with Gasteiger partial charge in [0.2, 0.25) is 0 Å². The van der Waals surface area contributed by atoms with Gasteiger partial charge in [0, 0.05) is 6.04 Å². The fourth-order valence-electron chi connectivity index (χ4n) is 2.00. The summed E-state index contributed by atoms with van der Waals surface area (Å²) in [7, 11) is 2.08. The first-order valence-electron chi connectivity index (χ1n) is 5.24. The number of nitrogens with one attached hydrogen (secondary N) is 2. The molecule has 0 aromatic heterocycles. The minimum Gasteiger partial charge on any atom is -0.317 e. The van der Waals surface area contributed by atoms with E-state index in [1.54, 1.807) is 0 Å². The van der Waals surface area contributed by atoms with Crippen LogP contribution in [0.15, 0.2) is 0 Å². The second kappa shape index (κ2) is 5.55. The zero-order chi connectivity index (χ0) is 8.81. The fourth-order valence-corrected chi connectivity index (χ4v) is 2.00. The van der Waals surface area contributed by atoms with Crippen molar-refractivity contribution in [2.45, 2.75) is 38.6 Å². The molecule has 2 heteroatoms. The van der Waals surface area contributed by atoms with Crippen molar-refractivity contribution in [1.29, 1.82) is 0 Å². The molecule has 0 aromatic carbocycles. The van der Waals surface area contributed by atoms with Gasteiger partial charge in [-0.15, -0.1) is 0 Å². The van der Waals surface area contributed by atoms with Crippen molar-refractivity contribution in [1.82, 2.24) is 10.6 Å². The normalized spacial score (nSPS) is 30.5. The van der Waals surface area contributed by atoms with Gasteiger partial charge < -0.3 is 10.6 Å². The van der Waals surface area contributed by atoms with E-state index < -0.39 is 0 Å². The molecule has 0 aromatic rings. The van der Waals surface area contributed by atoms with Gasteiger partial charge in [-0.3, -0.25) is 0 Å². The Morgan fingerprint density at radius 3 is 2.33 bits per heavy atom. The van der Waals surface area contributed by atoms with Crippen LogP contribution in [0, 0.1) is 5.92 Å². The predicted molar refractivity (Wildman–Crippen MR) is 53.3 cm³/mol. The maximum Gasteiger partial charge on any atom is 0.00642 e. The average molecular weight is 170 g/mol. The Morgan fingerprint density at radius 1 is 1.17 bits per heavy atom. The number of rotatable bonds is 4.